The minimum absolute atomic E-state index is 0.0309. The van der Waals surface area contributed by atoms with Crippen LogP contribution in [-0.2, 0) is 24.3 Å². The van der Waals surface area contributed by atoms with Crippen molar-refractivity contribution in [1.82, 2.24) is 10.6 Å². The lowest BCUT2D eigenvalue weighted by molar-refractivity contribution is -0.123. The summed E-state index contributed by atoms with van der Waals surface area (Å²) in [5.74, 6) is 0.724. The van der Waals surface area contributed by atoms with Crippen molar-refractivity contribution < 1.29 is 9.21 Å². The van der Waals surface area contributed by atoms with Gasteiger partial charge in [-0.2, -0.15) is 0 Å². The highest BCUT2D eigenvalue weighted by atomic mass is 16.3. The van der Waals surface area contributed by atoms with Crippen LogP contribution >= 0.6 is 0 Å². The maximum atomic E-state index is 11.9. The summed E-state index contributed by atoms with van der Waals surface area (Å²) in [5, 5.41) is 6.07. The van der Waals surface area contributed by atoms with Gasteiger partial charge in [-0.05, 0) is 36.6 Å². The van der Waals surface area contributed by atoms with Crippen molar-refractivity contribution in [2.75, 3.05) is 0 Å². The van der Waals surface area contributed by atoms with Crippen molar-refractivity contribution in [3.63, 3.8) is 0 Å². The molecule has 0 aliphatic rings. The number of carbonyl (C=O) groups excluding carboxylic acids is 1. The zero-order valence-electron chi connectivity index (χ0n) is 12.6. The van der Waals surface area contributed by atoms with E-state index in [0.717, 1.165) is 12.2 Å². The van der Waals surface area contributed by atoms with Gasteiger partial charge in [-0.1, -0.05) is 31.2 Å². The molecule has 21 heavy (non-hydrogen) atoms. The van der Waals surface area contributed by atoms with Crippen LogP contribution in [0, 0.1) is 0 Å². The summed E-state index contributed by atoms with van der Waals surface area (Å²) in [7, 11) is 0. The maximum absolute atomic E-state index is 11.9. The summed E-state index contributed by atoms with van der Waals surface area (Å²) >= 11 is 0. The molecule has 1 aromatic carbocycles. The van der Waals surface area contributed by atoms with Crippen molar-refractivity contribution >= 4 is 5.91 Å². The maximum Gasteiger partial charge on any atom is 0.237 e. The average Bonchev–Trinajstić information content (AvgIpc) is 3.04. The van der Waals surface area contributed by atoms with E-state index in [-0.39, 0.29) is 11.9 Å². The van der Waals surface area contributed by atoms with E-state index in [1.54, 1.807) is 6.26 Å². The van der Waals surface area contributed by atoms with Crippen LogP contribution < -0.4 is 10.6 Å². The monoisotopic (exact) mass is 286 g/mol. The Balaban J connectivity index is 1.74. The number of carbonyl (C=O) groups is 1. The Hall–Kier alpha value is -2.07. The van der Waals surface area contributed by atoms with E-state index in [4.69, 9.17) is 4.42 Å². The van der Waals surface area contributed by atoms with Crippen LogP contribution in [0.3, 0.4) is 0 Å². The number of nitrogens with one attached hydrogen (secondary N) is 2. The molecular weight excluding hydrogens is 264 g/mol. The largest absolute Gasteiger partial charge is 0.467 e. The molecule has 1 aromatic heterocycles. The van der Waals surface area contributed by atoms with Crippen molar-refractivity contribution in [3.05, 3.63) is 59.5 Å². The molecule has 0 radical (unpaired) electrons. The second kappa shape index (κ2) is 7.64. The topological polar surface area (TPSA) is 54.3 Å². The number of amides is 1. The number of hydrogen-bond acceptors (Lipinski definition) is 3. The summed E-state index contributed by atoms with van der Waals surface area (Å²) < 4.78 is 5.18. The first-order valence-electron chi connectivity index (χ1n) is 7.30. The van der Waals surface area contributed by atoms with Gasteiger partial charge in [0.25, 0.3) is 0 Å². The first kappa shape index (κ1) is 15.3. The van der Waals surface area contributed by atoms with E-state index in [1.807, 2.05) is 19.1 Å². The minimum Gasteiger partial charge on any atom is -0.467 e. The average molecular weight is 286 g/mol. The zero-order valence-corrected chi connectivity index (χ0v) is 12.6. The van der Waals surface area contributed by atoms with E-state index in [1.165, 1.54) is 11.1 Å². The molecule has 0 aliphatic heterocycles. The fraction of sp³-hybridized carbons (Fsp3) is 0.353. The molecule has 4 nitrogen and oxygen atoms in total. The van der Waals surface area contributed by atoms with E-state index in [0.29, 0.717) is 13.1 Å². The summed E-state index contributed by atoms with van der Waals surface area (Å²) in [6, 6.07) is 11.8. The Labute approximate surface area is 125 Å². The Bertz CT molecular complexity index is 547. The standard InChI is InChI=1S/C17H22N2O2/c1-3-14-6-8-15(9-7-14)11-18-13(2)17(20)19-12-16-5-4-10-21-16/h4-10,13,18H,3,11-12H2,1-2H3,(H,19,20). The van der Waals surface area contributed by atoms with Crippen molar-refractivity contribution in [1.29, 1.82) is 0 Å². The lowest BCUT2D eigenvalue weighted by atomic mass is 10.1. The van der Waals surface area contributed by atoms with Gasteiger partial charge in [-0.25, -0.2) is 0 Å². The van der Waals surface area contributed by atoms with Crippen LogP contribution in [0.15, 0.2) is 47.1 Å². The predicted octanol–water partition coefficient (Wildman–Crippen LogP) is 2.64. The Morgan fingerprint density at radius 1 is 1.14 bits per heavy atom. The molecule has 0 saturated heterocycles. The first-order chi connectivity index (χ1) is 10.2. The van der Waals surface area contributed by atoms with Crippen LogP contribution in [0.25, 0.3) is 0 Å². The van der Waals surface area contributed by atoms with Gasteiger partial charge in [0.2, 0.25) is 5.91 Å². The third-order valence-corrected chi connectivity index (χ3v) is 3.45. The van der Waals surface area contributed by atoms with Crippen LogP contribution in [0.2, 0.25) is 0 Å². The molecule has 0 aliphatic carbocycles. The SMILES string of the molecule is CCc1ccc(CNC(C)C(=O)NCc2ccco2)cc1. The number of aryl methyl sites for hydroxylation is 1. The highest BCUT2D eigenvalue weighted by Crippen LogP contribution is 2.05. The summed E-state index contributed by atoms with van der Waals surface area (Å²) in [4.78, 5) is 11.9. The van der Waals surface area contributed by atoms with Crippen LogP contribution in [0.1, 0.15) is 30.7 Å². The van der Waals surface area contributed by atoms with Gasteiger partial charge in [-0.15, -0.1) is 0 Å². The summed E-state index contributed by atoms with van der Waals surface area (Å²) in [6.45, 7) is 5.10. The third-order valence-electron chi connectivity index (χ3n) is 3.45. The molecular formula is C17H22N2O2. The number of furan rings is 1. The molecule has 4 heteroatoms. The highest BCUT2D eigenvalue weighted by molar-refractivity contribution is 5.81. The van der Waals surface area contributed by atoms with E-state index >= 15 is 0 Å². The molecule has 0 fully saturated rings. The fourth-order valence-electron chi connectivity index (χ4n) is 2.00. The van der Waals surface area contributed by atoms with Crippen LogP contribution in [-0.4, -0.2) is 11.9 Å². The predicted molar refractivity (Wildman–Crippen MR) is 82.7 cm³/mol. The highest BCUT2D eigenvalue weighted by Gasteiger charge is 2.12. The first-order valence-corrected chi connectivity index (χ1v) is 7.30. The van der Waals surface area contributed by atoms with Gasteiger partial charge in [0.1, 0.15) is 5.76 Å². The van der Waals surface area contributed by atoms with Gasteiger partial charge < -0.3 is 15.1 Å². The van der Waals surface area contributed by atoms with E-state index in [2.05, 4.69) is 41.8 Å². The molecule has 112 valence electrons. The van der Waals surface area contributed by atoms with E-state index < -0.39 is 0 Å². The molecule has 2 rings (SSSR count). The number of rotatable bonds is 7. The smallest absolute Gasteiger partial charge is 0.237 e. The van der Waals surface area contributed by atoms with Gasteiger partial charge in [0.15, 0.2) is 0 Å². The molecule has 0 saturated carbocycles. The minimum atomic E-state index is -0.245. The molecule has 0 bridgehead atoms. The summed E-state index contributed by atoms with van der Waals surface area (Å²) in [6.07, 6.45) is 2.64. The van der Waals surface area contributed by atoms with Crippen LogP contribution in [0.5, 0.6) is 0 Å². The van der Waals surface area contributed by atoms with Gasteiger partial charge >= 0.3 is 0 Å². The lowest BCUT2D eigenvalue weighted by Gasteiger charge is -2.13. The quantitative estimate of drug-likeness (QED) is 0.822. The lowest BCUT2D eigenvalue weighted by Crippen LogP contribution is -2.41. The van der Waals surface area contributed by atoms with Gasteiger partial charge in [0, 0.05) is 6.54 Å². The molecule has 2 aromatic rings. The Morgan fingerprint density at radius 3 is 2.48 bits per heavy atom. The van der Waals surface area contributed by atoms with Gasteiger partial charge in [0.05, 0.1) is 18.8 Å². The molecule has 0 spiro atoms. The van der Waals surface area contributed by atoms with Crippen molar-refractivity contribution in [3.8, 4) is 0 Å². The van der Waals surface area contributed by atoms with Crippen molar-refractivity contribution in [2.24, 2.45) is 0 Å². The number of benzene rings is 1. The second-order valence-electron chi connectivity index (χ2n) is 5.07. The van der Waals surface area contributed by atoms with Crippen LogP contribution in [0.4, 0.5) is 0 Å². The van der Waals surface area contributed by atoms with Gasteiger partial charge in [-0.3, -0.25) is 4.79 Å². The Kier molecular flexibility index (Phi) is 5.58. The molecule has 1 unspecified atom stereocenters. The second-order valence-corrected chi connectivity index (χ2v) is 5.07. The molecule has 2 N–H and O–H groups in total. The van der Waals surface area contributed by atoms with E-state index in [9.17, 15) is 4.79 Å². The molecule has 1 amide bonds. The Morgan fingerprint density at radius 2 is 1.86 bits per heavy atom. The zero-order chi connectivity index (χ0) is 15.1. The molecule has 1 heterocycles. The fourth-order valence-corrected chi connectivity index (χ4v) is 2.00. The normalized spacial score (nSPS) is 12.1. The summed E-state index contributed by atoms with van der Waals surface area (Å²) in [5.41, 5.74) is 2.50. The molecule has 1 atom stereocenters. The third kappa shape index (κ3) is 4.76. The number of hydrogen-bond donors (Lipinski definition) is 2. The van der Waals surface area contributed by atoms with Crippen molar-refractivity contribution in [2.45, 2.75) is 39.4 Å².